The third-order valence-corrected chi connectivity index (χ3v) is 4.58. The zero-order chi connectivity index (χ0) is 18.2. The highest BCUT2D eigenvalue weighted by molar-refractivity contribution is 5.76. The molecule has 2 rings (SSSR count). The molecule has 1 heterocycles. The van der Waals surface area contributed by atoms with E-state index < -0.39 is 0 Å². The van der Waals surface area contributed by atoms with Crippen molar-refractivity contribution in [1.82, 2.24) is 10.6 Å². The van der Waals surface area contributed by atoms with E-state index in [1.54, 1.807) is 7.11 Å². The Bertz CT molecular complexity index is 554. The van der Waals surface area contributed by atoms with Crippen LogP contribution in [0.1, 0.15) is 51.6 Å². The van der Waals surface area contributed by atoms with Gasteiger partial charge in [0, 0.05) is 6.42 Å². The summed E-state index contributed by atoms with van der Waals surface area (Å²) in [5, 5.41) is 6.43. The summed E-state index contributed by atoms with van der Waals surface area (Å²) in [6.07, 6.45) is 2.72. The van der Waals surface area contributed by atoms with E-state index in [1.807, 2.05) is 25.1 Å². The summed E-state index contributed by atoms with van der Waals surface area (Å²) >= 11 is 0. The van der Waals surface area contributed by atoms with Crippen LogP contribution in [0.25, 0.3) is 0 Å². The van der Waals surface area contributed by atoms with E-state index in [0.717, 1.165) is 30.8 Å². The molecule has 0 aromatic heterocycles. The number of hydrogen-bond donors (Lipinski definition) is 2. The molecule has 1 aliphatic heterocycles. The molecule has 2 unspecified atom stereocenters. The molecule has 1 fully saturated rings. The molecular weight excluding hydrogens is 316 g/mol. The Morgan fingerprint density at radius 3 is 2.76 bits per heavy atom. The molecule has 2 N–H and O–H groups in total. The van der Waals surface area contributed by atoms with Gasteiger partial charge in [0.15, 0.2) is 11.5 Å². The van der Waals surface area contributed by atoms with Crippen LogP contribution in [0.5, 0.6) is 11.5 Å². The van der Waals surface area contributed by atoms with E-state index in [9.17, 15) is 4.79 Å². The number of ether oxygens (including phenoxy) is 2. The van der Waals surface area contributed by atoms with Gasteiger partial charge < -0.3 is 20.1 Å². The third kappa shape index (κ3) is 6.24. The molecular formula is C20H32N2O3. The van der Waals surface area contributed by atoms with Crippen LogP contribution in [-0.2, 0) is 4.79 Å². The first-order valence-corrected chi connectivity index (χ1v) is 9.30. The van der Waals surface area contributed by atoms with Crippen molar-refractivity contribution in [2.24, 2.45) is 11.8 Å². The minimum absolute atomic E-state index is 0.0535. The highest BCUT2D eigenvalue weighted by Crippen LogP contribution is 2.30. The largest absolute Gasteiger partial charge is 0.493 e. The fourth-order valence-corrected chi connectivity index (χ4v) is 3.02. The second kappa shape index (κ2) is 9.66. The van der Waals surface area contributed by atoms with Crippen molar-refractivity contribution in [2.75, 3.05) is 26.8 Å². The number of hydrogen-bond acceptors (Lipinski definition) is 4. The Labute approximate surface area is 151 Å². The second-order valence-corrected chi connectivity index (χ2v) is 7.30. The predicted octanol–water partition coefficient (Wildman–Crippen LogP) is 3.30. The van der Waals surface area contributed by atoms with Crippen LogP contribution < -0.4 is 20.1 Å². The van der Waals surface area contributed by atoms with Gasteiger partial charge in [-0.3, -0.25) is 4.79 Å². The first kappa shape index (κ1) is 19.6. The van der Waals surface area contributed by atoms with Crippen LogP contribution in [0.15, 0.2) is 18.2 Å². The molecule has 0 bridgehead atoms. The van der Waals surface area contributed by atoms with Crippen molar-refractivity contribution < 1.29 is 14.3 Å². The van der Waals surface area contributed by atoms with Crippen molar-refractivity contribution >= 4 is 5.91 Å². The van der Waals surface area contributed by atoms with Crippen molar-refractivity contribution in [1.29, 1.82) is 0 Å². The van der Waals surface area contributed by atoms with Crippen molar-refractivity contribution in [3.63, 3.8) is 0 Å². The fraction of sp³-hybridized carbons (Fsp3) is 0.650. The summed E-state index contributed by atoms with van der Waals surface area (Å²) in [7, 11) is 1.64. The molecule has 2 atom stereocenters. The summed E-state index contributed by atoms with van der Waals surface area (Å²) in [5.41, 5.74) is 1.02. The molecule has 0 radical (unpaired) electrons. The van der Waals surface area contributed by atoms with Gasteiger partial charge in [-0.15, -0.1) is 0 Å². The molecule has 1 saturated heterocycles. The van der Waals surface area contributed by atoms with E-state index in [-0.39, 0.29) is 11.9 Å². The van der Waals surface area contributed by atoms with Crippen LogP contribution >= 0.6 is 0 Å². The molecule has 5 nitrogen and oxygen atoms in total. The number of benzene rings is 1. The van der Waals surface area contributed by atoms with Gasteiger partial charge in [-0.1, -0.05) is 19.9 Å². The van der Waals surface area contributed by atoms with E-state index in [0.29, 0.717) is 30.6 Å². The third-order valence-electron chi connectivity index (χ3n) is 4.58. The van der Waals surface area contributed by atoms with E-state index in [1.165, 1.54) is 6.42 Å². The lowest BCUT2D eigenvalue weighted by atomic mass is 10.0. The second-order valence-electron chi connectivity index (χ2n) is 7.30. The first-order chi connectivity index (χ1) is 12.0. The molecule has 25 heavy (non-hydrogen) atoms. The number of nitrogens with one attached hydrogen (secondary N) is 2. The number of methoxy groups -OCH3 is 1. The van der Waals surface area contributed by atoms with Crippen molar-refractivity contribution in [3.05, 3.63) is 23.8 Å². The van der Waals surface area contributed by atoms with Crippen LogP contribution in [0.3, 0.4) is 0 Å². The maximum absolute atomic E-state index is 12.2. The minimum Gasteiger partial charge on any atom is -0.493 e. The lowest BCUT2D eigenvalue weighted by Crippen LogP contribution is -2.27. The fourth-order valence-electron chi connectivity index (χ4n) is 3.02. The molecule has 0 saturated carbocycles. The smallest absolute Gasteiger partial charge is 0.220 e. The minimum atomic E-state index is -0.0535. The summed E-state index contributed by atoms with van der Waals surface area (Å²) in [4.78, 5) is 12.2. The first-order valence-electron chi connectivity index (χ1n) is 9.30. The molecule has 1 amide bonds. The highest BCUT2D eigenvalue weighted by atomic mass is 16.5. The van der Waals surface area contributed by atoms with Gasteiger partial charge in [0.25, 0.3) is 0 Å². The number of carbonyl (C=O) groups is 1. The predicted molar refractivity (Wildman–Crippen MR) is 100 cm³/mol. The van der Waals surface area contributed by atoms with Gasteiger partial charge >= 0.3 is 0 Å². The number of carbonyl (C=O) groups excluding carboxylic acids is 1. The molecule has 0 aliphatic carbocycles. The van der Waals surface area contributed by atoms with Crippen LogP contribution in [0.4, 0.5) is 0 Å². The standard InChI is InChI=1S/C20H32N2O3/c1-14(2)13-25-18-7-6-17(11-19(18)24-4)15(3)22-20(23)8-5-16-9-10-21-12-16/h6-7,11,14-16,21H,5,8-10,12-13H2,1-4H3,(H,22,23). The molecule has 5 heteroatoms. The number of amides is 1. The summed E-state index contributed by atoms with van der Waals surface area (Å²) < 4.78 is 11.2. The Kier molecular flexibility index (Phi) is 7.56. The molecule has 1 aromatic rings. The zero-order valence-corrected chi connectivity index (χ0v) is 15.9. The maximum Gasteiger partial charge on any atom is 0.220 e. The average molecular weight is 348 g/mol. The molecule has 140 valence electrons. The zero-order valence-electron chi connectivity index (χ0n) is 15.9. The van der Waals surface area contributed by atoms with Crippen LogP contribution in [0.2, 0.25) is 0 Å². The molecule has 0 spiro atoms. The van der Waals surface area contributed by atoms with Crippen LogP contribution in [-0.4, -0.2) is 32.7 Å². The lowest BCUT2D eigenvalue weighted by molar-refractivity contribution is -0.122. The van der Waals surface area contributed by atoms with Crippen molar-refractivity contribution in [3.8, 4) is 11.5 Å². The number of rotatable bonds is 9. The van der Waals surface area contributed by atoms with E-state index in [2.05, 4.69) is 24.5 Å². The Balaban J connectivity index is 1.89. The van der Waals surface area contributed by atoms with Gasteiger partial charge in [-0.05, 0) is 62.4 Å². The maximum atomic E-state index is 12.2. The van der Waals surface area contributed by atoms with Gasteiger partial charge in [-0.25, -0.2) is 0 Å². The quantitative estimate of drug-likeness (QED) is 0.719. The topological polar surface area (TPSA) is 59.6 Å². The average Bonchev–Trinajstić information content (AvgIpc) is 3.11. The molecule has 1 aromatic carbocycles. The summed E-state index contributed by atoms with van der Waals surface area (Å²) in [6, 6.07) is 5.80. The highest BCUT2D eigenvalue weighted by Gasteiger charge is 2.17. The van der Waals surface area contributed by atoms with Gasteiger partial charge in [-0.2, -0.15) is 0 Å². The van der Waals surface area contributed by atoms with Crippen LogP contribution in [0, 0.1) is 11.8 Å². The Morgan fingerprint density at radius 1 is 1.32 bits per heavy atom. The Morgan fingerprint density at radius 2 is 2.12 bits per heavy atom. The lowest BCUT2D eigenvalue weighted by Gasteiger charge is -2.18. The Hall–Kier alpha value is -1.75. The van der Waals surface area contributed by atoms with E-state index in [4.69, 9.17) is 9.47 Å². The monoisotopic (exact) mass is 348 g/mol. The van der Waals surface area contributed by atoms with Crippen molar-refractivity contribution in [2.45, 2.75) is 46.1 Å². The molecule has 1 aliphatic rings. The van der Waals surface area contributed by atoms with Gasteiger partial charge in [0.05, 0.1) is 19.8 Å². The SMILES string of the molecule is COc1cc(C(C)NC(=O)CCC2CCNC2)ccc1OCC(C)C. The van der Waals surface area contributed by atoms with Gasteiger partial charge in [0.2, 0.25) is 5.91 Å². The summed E-state index contributed by atoms with van der Waals surface area (Å²) in [6.45, 7) is 8.99. The normalized spacial score (nSPS) is 18.2. The summed E-state index contributed by atoms with van der Waals surface area (Å²) in [5.74, 6) is 2.65. The van der Waals surface area contributed by atoms with E-state index >= 15 is 0 Å². The van der Waals surface area contributed by atoms with Gasteiger partial charge in [0.1, 0.15) is 0 Å².